The molecule has 27 heavy (non-hydrogen) atoms. The first-order chi connectivity index (χ1) is 12.8. The van der Waals surface area contributed by atoms with Crippen LogP contribution in [0.4, 0.5) is 8.78 Å². The summed E-state index contributed by atoms with van der Waals surface area (Å²) < 4.78 is 59.7. The zero-order valence-electron chi connectivity index (χ0n) is 15.6. The molecule has 8 heteroatoms. The molecule has 0 aliphatic rings. The fourth-order valence-corrected chi connectivity index (χ4v) is 4.03. The molecule has 2 aromatic carbocycles. The van der Waals surface area contributed by atoms with Crippen LogP contribution in [-0.2, 0) is 10.0 Å². The van der Waals surface area contributed by atoms with E-state index in [2.05, 4.69) is 9.62 Å². The van der Waals surface area contributed by atoms with Gasteiger partial charge in [0, 0.05) is 18.7 Å². The van der Waals surface area contributed by atoms with E-state index in [0.29, 0.717) is 24.9 Å². The smallest absolute Gasteiger partial charge is 0.243 e. The fourth-order valence-electron chi connectivity index (χ4n) is 2.93. The Morgan fingerprint density at radius 1 is 1.11 bits per heavy atom. The van der Waals surface area contributed by atoms with Crippen LogP contribution in [0.3, 0.4) is 0 Å². The van der Waals surface area contributed by atoms with Gasteiger partial charge in [0.25, 0.3) is 0 Å². The van der Waals surface area contributed by atoms with Crippen LogP contribution in [0.15, 0.2) is 47.4 Å². The van der Waals surface area contributed by atoms with E-state index in [0.717, 1.165) is 17.7 Å². The second kappa shape index (κ2) is 9.25. The SMILES string of the molecule is CCN(CC)C(CNS(=O)(=O)c1ccc(F)cc1F)c1cccc(OC)c1. The Labute approximate surface area is 159 Å². The summed E-state index contributed by atoms with van der Waals surface area (Å²) in [6.45, 7) is 5.39. The van der Waals surface area contributed by atoms with Crippen molar-refractivity contribution in [3.8, 4) is 5.75 Å². The molecule has 0 aliphatic heterocycles. The lowest BCUT2D eigenvalue weighted by molar-refractivity contribution is 0.219. The van der Waals surface area contributed by atoms with Crippen LogP contribution in [0.2, 0.25) is 0 Å². The standard InChI is InChI=1S/C19H24F2N2O3S/c1-4-23(5-2)18(14-7-6-8-16(11-14)26-3)13-22-27(24,25)19-10-9-15(20)12-17(19)21/h6-12,18,22H,4-5,13H2,1-3H3. The van der Waals surface area contributed by atoms with Gasteiger partial charge in [-0.2, -0.15) is 0 Å². The van der Waals surface area contributed by atoms with E-state index in [1.54, 1.807) is 13.2 Å². The predicted molar refractivity (Wildman–Crippen MR) is 100 cm³/mol. The molecule has 0 spiro atoms. The Morgan fingerprint density at radius 3 is 2.41 bits per heavy atom. The number of likely N-dealkylation sites (N-methyl/N-ethyl adjacent to an activating group) is 1. The molecule has 2 aromatic rings. The minimum absolute atomic E-state index is 0.0357. The summed E-state index contributed by atoms with van der Waals surface area (Å²) in [7, 11) is -2.56. The van der Waals surface area contributed by atoms with Crippen molar-refractivity contribution in [2.75, 3.05) is 26.7 Å². The number of halogens is 2. The number of hydrogen-bond acceptors (Lipinski definition) is 4. The van der Waals surface area contributed by atoms with Gasteiger partial charge in [-0.05, 0) is 42.9 Å². The molecule has 0 aromatic heterocycles. The number of rotatable bonds is 9. The number of hydrogen-bond donors (Lipinski definition) is 1. The van der Waals surface area contributed by atoms with Crippen LogP contribution >= 0.6 is 0 Å². The average Bonchev–Trinajstić information content (AvgIpc) is 2.64. The predicted octanol–water partition coefficient (Wildman–Crippen LogP) is 3.33. The third-order valence-corrected chi connectivity index (χ3v) is 5.84. The Morgan fingerprint density at radius 2 is 1.81 bits per heavy atom. The second-order valence-corrected chi connectivity index (χ2v) is 7.68. The zero-order chi connectivity index (χ0) is 20.0. The molecule has 0 radical (unpaired) electrons. The Bertz CT molecular complexity index is 871. The second-order valence-electron chi connectivity index (χ2n) is 5.94. The maximum atomic E-state index is 13.9. The van der Waals surface area contributed by atoms with Gasteiger partial charge in [-0.1, -0.05) is 26.0 Å². The van der Waals surface area contributed by atoms with Gasteiger partial charge in [0.05, 0.1) is 7.11 Å². The van der Waals surface area contributed by atoms with E-state index in [4.69, 9.17) is 4.74 Å². The maximum absolute atomic E-state index is 13.9. The number of sulfonamides is 1. The van der Waals surface area contributed by atoms with Gasteiger partial charge in [0.1, 0.15) is 22.3 Å². The van der Waals surface area contributed by atoms with Crippen molar-refractivity contribution in [3.63, 3.8) is 0 Å². The van der Waals surface area contributed by atoms with Crippen LogP contribution in [0.5, 0.6) is 5.75 Å². The summed E-state index contributed by atoms with van der Waals surface area (Å²) in [6, 6.07) is 9.49. The molecule has 0 saturated carbocycles. The van der Waals surface area contributed by atoms with E-state index in [1.807, 2.05) is 32.0 Å². The van der Waals surface area contributed by atoms with E-state index < -0.39 is 26.6 Å². The quantitative estimate of drug-likeness (QED) is 0.704. The van der Waals surface area contributed by atoms with Crippen LogP contribution in [0.25, 0.3) is 0 Å². The highest BCUT2D eigenvalue weighted by Gasteiger charge is 2.24. The molecule has 0 fully saturated rings. The number of nitrogens with zero attached hydrogens (tertiary/aromatic N) is 1. The van der Waals surface area contributed by atoms with Crippen molar-refractivity contribution in [2.24, 2.45) is 0 Å². The van der Waals surface area contributed by atoms with Gasteiger partial charge in [0.15, 0.2) is 0 Å². The lowest BCUT2D eigenvalue weighted by atomic mass is 10.0. The first kappa shape index (κ1) is 21.3. The van der Waals surface area contributed by atoms with Crippen LogP contribution in [-0.4, -0.2) is 40.1 Å². The molecule has 0 bridgehead atoms. The molecule has 0 heterocycles. The largest absolute Gasteiger partial charge is 0.497 e. The summed E-state index contributed by atoms with van der Waals surface area (Å²) in [5.74, 6) is -1.29. The van der Waals surface area contributed by atoms with Crippen LogP contribution in [0.1, 0.15) is 25.5 Å². The fraction of sp³-hybridized carbons (Fsp3) is 0.368. The van der Waals surface area contributed by atoms with Crippen molar-refractivity contribution >= 4 is 10.0 Å². The first-order valence-corrected chi connectivity index (χ1v) is 10.1. The Balaban J connectivity index is 2.29. The number of nitrogens with one attached hydrogen (secondary N) is 1. The Hall–Kier alpha value is -2.03. The maximum Gasteiger partial charge on any atom is 0.243 e. The molecule has 1 atom stereocenters. The molecular formula is C19H24F2N2O3S. The first-order valence-electron chi connectivity index (χ1n) is 8.65. The highest BCUT2D eigenvalue weighted by Crippen LogP contribution is 2.25. The van der Waals surface area contributed by atoms with E-state index in [1.165, 1.54) is 0 Å². The zero-order valence-corrected chi connectivity index (χ0v) is 16.4. The molecule has 148 valence electrons. The lowest BCUT2D eigenvalue weighted by Crippen LogP contribution is -2.38. The monoisotopic (exact) mass is 398 g/mol. The molecule has 5 nitrogen and oxygen atoms in total. The highest BCUT2D eigenvalue weighted by atomic mass is 32.2. The van der Waals surface area contributed by atoms with Crippen molar-refractivity contribution in [1.82, 2.24) is 9.62 Å². The van der Waals surface area contributed by atoms with Gasteiger partial charge >= 0.3 is 0 Å². The highest BCUT2D eigenvalue weighted by molar-refractivity contribution is 7.89. The third-order valence-electron chi connectivity index (χ3n) is 4.38. The topological polar surface area (TPSA) is 58.6 Å². The van der Waals surface area contributed by atoms with Gasteiger partial charge in [-0.25, -0.2) is 21.9 Å². The average molecular weight is 398 g/mol. The number of methoxy groups -OCH3 is 1. The van der Waals surface area contributed by atoms with Gasteiger partial charge in [0.2, 0.25) is 10.0 Å². The van der Waals surface area contributed by atoms with E-state index >= 15 is 0 Å². The molecule has 1 N–H and O–H groups in total. The lowest BCUT2D eigenvalue weighted by Gasteiger charge is -2.30. The molecule has 0 saturated heterocycles. The molecule has 2 rings (SSSR count). The van der Waals surface area contributed by atoms with Gasteiger partial charge in [-0.3, -0.25) is 4.90 Å². The van der Waals surface area contributed by atoms with Gasteiger partial charge in [-0.15, -0.1) is 0 Å². The van der Waals surface area contributed by atoms with Gasteiger partial charge < -0.3 is 4.74 Å². The van der Waals surface area contributed by atoms with Crippen LogP contribution < -0.4 is 9.46 Å². The van der Waals surface area contributed by atoms with Crippen molar-refractivity contribution in [2.45, 2.75) is 24.8 Å². The minimum atomic E-state index is -4.13. The van der Waals surface area contributed by atoms with E-state index in [-0.39, 0.29) is 12.6 Å². The summed E-state index contributed by atoms with van der Waals surface area (Å²) in [5.41, 5.74) is 0.875. The van der Waals surface area contributed by atoms with E-state index in [9.17, 15) is 17.2 Å². The summed E-state index contributed by atoms with van der Waals surface area (Å²) >= 11 is 0. The summed E-state index contributed by atoms with van der Waals surface area (Å²) in [5, 5.41) is 0. The molecule has 1 unspecified atom stereocenters. The third kappa shape index (κ3) is 5.24. The summed E-state index contributed by atoms with van der Waals surface area (Å²) in [4.78, 5) is 1.51. The molecule has 0 aliphatic carbocycles. The van der Waals surface area contributed by atoms with Crippen LogP contribution in [0, 0.1) is 11.6 Å². The normalized spacial score (nSPS) is 13.0. The Kier molecular flexibility index (Phi) is 7.29. The van der Waals surface area contributed by atoms with Crippen molar-refractivity contribution in [3.05, 3.63) is 59.7 Å². The molecular weight excluding hydrogens is 374 g/mol. The number of ether oxygens (including phenoxy) is 1. The van der Waals surface area contributed by atoms with Crippen molar-refractivity contribution in [1.29, 1.82) is 0 Å². The number of benzene rings is 2. The molecule has 0 amide bonds. The summed E-state index contributed by atoms with van der Waals surface area (Å²) in [6.07, 6.45) is 0. The van der Waals surface area contributed by atoms with Crippen molar-refractivity contribution < 1.29 is 21.9 Å². The minimum Gasteiger partial charge on any atom is -0.497 e.